The van der Waals surface area contributed by atoms with Crippen LogP contribution in [0, 0.1) is 12.7 Å². The lowest BCUT2D eigenvalue weighted by Crippen LogP contribution is -2.56. The molecule has 1 amide bonds. The van der Waals surface area contributed by atoms with Crippen LogP contribution in [-0.4, -0.2) is 39.8 Å². The highest BCUT2D eigenvalue weighted by atomic mass is 19.1. The molecule has 2 aromatic carbocycles. The fraction of sp³-hybridized carbons (Fsp3) is 0.296. The number of halogens is 1. The lowest BCUT2D eigenvalue weighted by molar-refractivity contribution is -0.133. The Morgan fingerprint density at radius 1 is 1.15 bits per heavy atom. The summed E-state index contributed by atoms with van der Waals surface area (Å²) in [6, 6.07) is 12.5. The molecular weight excluding hydrogens is 431 g/mol. The van der Waals surface area contributed by atoms with Gasteiger partial charge in [-0.3, -0.25) is 14.7 Å². The van der Waals surface area contributed by atoms with Crippen molar-refractivity contribution in [1.29, 1.82) is 0 Å². The molecule has 1 fully saturated rings. The predicted molar refractivity (Wildman–Crippen MR) is 130 cm³/mol. The van der Waals surface area contributed by atoms with Gasteiger partial charge in [0.2, 0.25) is 5.91 Å². The van der Waals surface area contributed by atoms with E-state index in [9.17, 15) is 9.18 Å². The van der Waals surface area contributed by atoms with Gasteiger partial charge < -0.3 is 9.30 Å². The third kappa shape index (κ3) is 3.81. The van der Waals surface area contributed by atoms with Crippen LogP contribution >= 0.6 is 0 Å². The van der Waals surface area contributed by atoms with Gasteiger partial charge in [-0.1, -0.05) is 18.2 Å². The fourth-order valence-electron chi connectivity index (χ4n) is 4.87. The number of methoxy groups -OCH3 is 1. The number of fused-ring (bicyclic) bond motifs is 1. The number of carbonyl (C=O) groups is 1. The maximum Gasteiger partial charge on any atom is 0.229 e. The lowest BCUT2D eigenvalue weighted by Gasteiger charge is -2.47. The number of amidine groups is 1. The first kappa shape index (κ1) is 22.1. The second-order valence-electron chi connectivity index (χ2n) is 8.99. The molecule has 6 nitrogen and oxygen atoms in total. The third-order valence-electron chi connectivity index (χ3n) is 6.71. The van der Waals surface area contributed by atoms with Crippen molar-refractivity contribution in [2.45, 2.75) is 38.6 Å². The van der Waals surface area contributed by atoms with E-state index in [1.165, 1.54) is 12.1 Å². The van der Waals surface area contributed by atoms with Crippen molar-refractivity contribution < 1.29 is 13.9 Å². The molecule has 0 bridgehead atoms. The third-order valence-corrected chi connectivity index (χ3v) is 6.71. The van der Waals surface area contributed by atoms with Crippen molar-refractivity contribution in [3.05, 3.63) is 83.2 Å². The van der Waals surface area contributed by atoms with Gasteiger partial charge in [0.25, 0.3) is 0 Å². The summed E-state index contributed by atoms with van der Waals surface area (Å²) < 4.78 is 21.2. The first-order valence-electron chi connectivity index (χ1n) is 11.4. The summed E-state index contributed by atoms with van der Waals surface area (Å²) in [7, 11) is 1.65. The molecule has 1 saturated heterocycles. The number of imidazole rings is 1. The molecule has 3 heterocycles. The summed E-state index contributed by atoms with van der Waals surface area (Å²) in [5.41, 5.74) is 4.17. The molecule has 2 aliphatic heterocycles. The molecule has 3 aromatic rings. The number of ether oxygens (including phenoxy) is 1. The second kappa shape index (κ2) is 8.56. The number of hydrogen-bond donors (Lipinski definition) is 0. The lowest BCUT2D eigenvalue weighted by atomic mass is 9.82. The van der Waals surface area contributed by atoms with Crippen LogP contribution in [0.1, 0.15) is 43.0 Å². The summed E-state index contributed by atoms with van der Waals surface area (Å²) in [4.78, 5) is 24.0. The number of aromatic nitrogens is 2. The number of rotatable bonds is 4. The summed E-state index contributed by atoms with van der Waals surface area (Å²) in [6.07, 6.45) is 7.52. The normalized spacial score (nSPS) is 21.4. The molecule has 0 N–H and O–H groups in total. The Labute approximate surface area is 198 Å². The number of hydrogen-bond acceptors (Lipinski definition) is 4. The summed E-state index contributed by atoms with van der Waals surface area (Å²) >= 11 is 0. The minimum atomic E-state index is -0.567. The van der Waals surface area contributed by atoms with Crippen LogP contribution in [0.5, 0.6) is 5.75 Å². The Morgan fingerprint density at radius 3 is 2.65 bits per heavy atom. The topological polar surface area (TPSA) is 59.7 Å². The fourth-order valence-corrected chi connectivity index (χ4v) is 4.87. The van der Waals surface area contributed by atoms with Crippen LogP contribution in [0.3, 0.4) is 0 Å². The Hall–Kier alpha value is -3.74. The molecule has 0 radical (unpaired) electrons. The number of aliphatic imine (C=N–C) groups is 1. The molecule has 2 aliphatic rings. The van der Waals surface area contributed by atoms with E-state index in [2.05, 4.69) is 11.1 Å². The highest BCUT2D eigenvalue weighted by Gasteiger charge is 2.44. The van der Waals surface area contributed by atoms with Gasteiger partial charge in [-0.25, -0.2) is 9.37 Å². The van der Waals surface area contributed by atoms with Gasteiger partial charge in [-0.2, -0.15) is 0 Å². The molecule has 7 heteroatoms. The van der Waals surface area contributed by atoms with Crippen molar-refractivity contribution in [1.82, 2.24) is 14.5 Å². The molecule has 0 unspecified atom stereocenters. The molecule has 34 heavy (non-hydrogen) atoms. The number of nitrogens with zero attached hydrogens (tertiary/aromatic N) is 4. The van der Waals surface area contributed by atoms with Crippen molar-refractivity contribution in [2.24, 2.45) is 4.99 Å². The van der Waals surface area contributed by atoms with Gasteiger partial charge in [-0.05, 0) is 73.7 Å². The van der Waals surface area contributed by atoms with Crippen molar-refractivity contribution in [3.8, 4) is 11.4 Å². The molecule has 174 valence electrons. The van der Waals surface area contributed by atoms with Gasteiger partial charge in [0.15, 0.2) is 0 Å². The zero-order valence-corrected chi connectivity index (χ0v) is 19.6. The molecule has 1 aromatic heterocycles. The van der Waals surface area contributed by atoms with Gasteiger partial charge in [-0.15, -0.1) is 0 Å². The smallest absolute Gasteiger partial charge is 0.229 e. The number of benzene rings is 2. The van der Waals surface area contributed by atoms with E-state index in [0.29, 0.717) is 31.6 Å². The SMILES string of the molecule is COc1cc(/C=C2\CCC(=O)N3C2=NCC[C@]3(C)c2ccc(F)cc2)ccc1-n1cnc(C)c1. The van der Waals surface area contributed by atoms with Gasteiger partial charge in [0.1, 0.15) is 17.4 Å². The average Bonchev–Trinajstić information content (AvgIpc) is 3.27. The predicted octanol–water partition coefficient (Wildman–Crippen LogP) is 5.05. The van der Waals surface area contributed by atoms with E-state index >= 15 is 0 Å². The summed E-state index contributed by atoms with van der Waals surface area (Å²) in [5.74, 6) is 1.21. The molecule has 5 rings (SSSR count). The van der Waals surface area contributed by atoms with Crippen molar-refractivity contribution >= 4 is 17.8 Å². The van der Waals surface area contributed by atoms with Crippen LogP contribution < -0.4 is 4.74 Å². The van der Waals surface area contributed by atoms with Crippen LogP contribution in [0.4, 0.5) is 4.39 Å². The van der Waals surface area contributed by atoms with E-state index in [1.807, 2.05) is 47.7 Å². The van der Waals surface area contributed by atoms with Crippen LogP contribution in [0.15, 0.2) is 65.6 Å². The molecule has 1 atom stereocenters. The standard InChI is InChI=1S/C27H27FN4O2/c1-18-16-31(17-30-18)23-10-4-19(15-24(23)34-3)14-20-5-11-25(33)32-26(20)29-13-12-27(32,2)21-6-8-22(28)9-7-21/h4,6-10,14-17H,5,11-13H2,1-3H3/b20-14+/t27-/m1/s1. The Morgan fingerprint density at radius 2 is 1.94 bits per heavy atom. The van der Waals surface area contributed by atoms with Gasteiger partial charge in [0.05, 0.1) is 30.4 Å². The Bertz CT molecular complexity index is 1310. The number of aryl methyl sites for hydroxylation is 1. The van der Waals surface area contributed by atoms with Crippen LogP contribution in [0.25, 0.3) is 11.8 Å². The summed E-state index contributed by atoms with van der Waals surface area (Å²) in [5, 5.41) is 0. The Balaban J connectivity index is 1.51. The van der Waals surface area contributed by atoms with Crippen molar-refractivity contribution in [3.63, 3.8) is 0 Å². The number of amides is 1. The van der Waals surface area contributed by atoms with E-state index in [1.54, 1.807) is 25.6 Å². The Kier molecular flexibility index (Phi) is 5.55. The quantitative estimate of drug-likeness (QED) is 0.550. The minimum Gasteiger partial charge on any atom is -0.495 e. The molecule has 0 spiro atoms. The van der Waals surface area contributed by atoms with Crippen LogP contribution in [-0.2, 0) is 10.3 Å². The minimum absolute atomic E-state index is 0.0471. The van der Waals surface area contributed by atoms with E-state index in [0.717, 1.165) is 33.8 Å². The second-order valence-corrected chi connectivity index (χ2v) is 8.99. The maximum absolute atomic E-state index is 13.6. The van der Waals surface area contributed by atoms with E-state index < -0.39 is 5.54 Å². The van der Waals surface area contributed by atoms with Gasteiger partial charge in [0, 0.05) is 19.2 Å². The zero-order chi connectivity index (χ0) is 23.9. The van der Waals surface area contributed by atoms with Crippen LogP contribution in [0.2, 0.25) is 0 Å². The van der Waals surface area contributed by atoms with E-state index in [4.69, 9.17) is 9.73 Å². The largest absolute Gasteiger partial charge is 0.495 e. The maximum atomic E-state index is 13.6. The highest BCUT2D eigenvalue weighted by molar-refractivity contribution is 6.13. The summed E-state index contributed by atoms with van der Waals surface area (Å²) in [6.45, 7) is 4.59. The van der Waals surface area contributed by atoms with Gasteiger partial charge >= 0.3 is 0 Å². The number of piperidine rings is 1. The average molecular weight is 459 g/mol. The first-order valence-corrected chi connectivity index (χ1v) is 11.4. The first-order chi connectivity index (χ1) is 16.4. The molecule has 0 saturated carbocycles. The zero-order valence-electron chi connectivity index (χ0n) is 19.6. The monoisotopic (exact) mass is 458 g/mol. The molecule has 0 aliphatic carbocycles. The number of carbonyl (C=O) groups excluding carboxylic acids is 1. The van der Waals surface area contributed by atoms with Crippen molar-refractivity contribution in [2.75, 3.05) is 13.7 Å². The highest BCUT2D eigenvalue weighted by Crippen LogP contribution is 2.40. The molecular formula is C27H27FN4O2. The van der Waals surface area contributed by atoms with E-state index in [-0.39, 0.29) is 11.7 Å².